The van der Waals surface area contributed by atoms with Gasteiger partial charge in [-0.15, -0.1) is 11.3 Å². The van der Waals surface area contributed by atoms with E-state index in [0.717, 1.165) is 11.1 Å². The van der Waals surface area contributed by atoms with Gasteiger partial charge in [0.05, 0.1) is 25.1 Å². The second-order valence-electron chi connectivity index (χ2n) is 13.2. The first kappa shape index (κ1) is 28.4. The van der Waals surface area contributed by atoms with E-state index in [1.807, 2.05) is 23.9 Å². The zero-order valence-electron chi connectivity index (χ0n) is 27.4. The fraction of sp³-hybridized carbons (Fsp3) is 0. The van der Waals surface area contributed by atoms with E-state index in [0.29, 0.717) is 0 Å². The van der Waals surface area contributed by atoms with Crippen molar-refractivity contribution >= 4 is 74.6 Å². The number of thiophene rings is 1. The van der Waals surface area contributed by atoms with Crippen molar-refractivity contribution in [3.05, 3.63) is 171 Å². The van der Waals surface area contributed by atoms with E-state index in [4.69, 9.17) is 8.83 Å². The van der Waals surface area contributed by atoms with Crippen molar-refractivity contribution < 1.29 is 8.83 Å². The van der Waals surface area contributed by atoms with E-state index < -0.39 is 0 Å². The normalized spacial score (nSPS) is 11.9. The highest BCUT2D eigenvalue weighted by Gasteiger charge is 2.21. The summed E-state index contributed by atoms with van der Waals surface area (Å²) >= 11 is 1.88. The highest BCUT2D eigenvalue weighted by molar-refractivity contribution is 7.26. The van der Waals surface area contributed by atoms with Crippen LogP contribution in [0.15, 0.2) is 179 Å². The number of rotatable bonds is 4. The molecular formula is C48H28O2S. The molecule has 0 amide bonds. The fourth-order valence-corrected chi connectivity index (χ4v) is 9.65. The van der Waals surface area contributed by atoms with Gasteiger partial charge >= 0.3 is 0 Å². The first-order valence-corrected chi connectivity index (χ1v) is 18.0. The van der Waals surface area contributed by atoms with Crippen LogP contribution in [0.5, 0.6) is 0 Å². The summed E-state index contributed by atoms with van der Waals surface area (Å²) in [6.45, 7) is 0. The molecule has 238 valence electrons. The minimum atomic E-state index is 1.10. The molecule has 0 N–H and O–H groups in total. The van der Waals surface area contributed by atoms with Gasteiger partial charge in [-0.3, -0.25) is 0 Å². The minimum Gasteiger partial charge on any atom is -0.472 e. The van der Waals surface area contributed by atoms with Crippen LogP contribution in [0.3, 0.4) is 0 Å². The number of hydrogen-bond acceptors (Lipinski definition) is 3. The van der Waals surface area contributed by atoms with Crippen LogP contribution < -0.4 is 0 Å². The van der Waals surface area contributed by atoms with Gasteiger partial charge in [-0.1, -0.05) is 121 Å². The molecule has 0 aliphatic heterocycles. The van der Waals surface area contributed by atoms with E-state index >= 15 is 0 Å². The minimum absolute atomic E-state index is 1.10. The Hall–Kier alpha value is -6.42. The standard InChI is InChI=1S/C48H28O2S/c1-3-12-34-32(10-1)44(33-11-2-4-13-35(33)45(34)30-22-24-49-27-30)29-20-21-40-43(26-29)51-42-19-9-18-41(48(40)42)47-38-16-7-5-14-36(38)46(31-23-25-50-28-31)37-15-6-8-17-39(37)47/h1-28H. The number of hydrogen-bond donors (Lipinski definition) is 0. The predicted molar refractivity (Wildman–Crippen MR) is 216 cm³/mol. The Labute approximate surface area is 297 Å². The lowest BCUT2D eigenvalue weighted by atomic mass is 9.85. The first-order chi connectivity index (χ1) is 25.3. The lowest BCUT2D eigenvalue weighted by molar-refractivity contribution is 0.568. The van der Waals surface area contributed by atoms with E-state index in [2.05, 4.69) is 146 Å². The first-order valence-electron chi connectivity index (χ1n) is 17.2. The third-order valence-corrected chi connectivity index (χ3v) is 11.7. The maximum Gasteiger partial charge on any atom is 0.0981 e. The molecule has 0 radical (unpaired) electrons. The van der Waals surface area contributed by atoms with Crippen LogP contribution >= 0.6 is 11.3 Å². The number of fused-ring (bicyclic) bond motifs is 7. The molecule has 0 bridgehead atoms. The molecule has 0 spiro atoms. The van der Waals surface area contributed by atoms with Crippen molar-refractivity contribution in [2.75, 3.05) is 0 Å². The average Bonchev–Trinajstić information content (AvgIpc) is 3.98. The molecular weight excluding hydrogens is 641 g/mol. The Bertz CT molecular complexity index is 3010. The van der Waals surface area contributed by atoms with Gasteiger partial charge in [0.1, 0.15) is 0 Å². The molecule has 3 heteroatoms. The van der Waals surface area contributed by atoms with Crippen LogP contribution in [0, 0.1) is 0 Å². The van der Waals surface area contributed by atoms with Gasteiger partial charge in [0.25, 0.3) is 0 Å². The molecule has 0 saturated carbocycles. The summed E-state index contributed by atoms with van der Waals surface area (Å²) in [4.78, 5) is 0. The zero-order valence-corrected chi connectivity index (χ0v) is 28.2. The smallest absolute Gasteiger partial charge is 0.0981 e. The van der Waals surface area contributed by atoms with Crippen molar-refractivity contribution in [2.24, 2.45) is 0 Å². The van der Waals surface area contributed by atoms with Crippen molar-refractivity contribution in [1.82, 2.24) is 0 Å². The number of furan rings is 2. The van der Waals surface area contributed by atoms with E-state index in [1.54, 1.807) is 12.5 Å². The van der Waals surface area contributed by atoms with Gasteiger partial charge in [-0.05, 0) is 89.6 Å². The molecule has 11 aromatic rings. The average molecular weight is 669 g/mol. The Morgan fingerprint density at radius 3 is 1.24 bits per heavy atom. The molecule has 0 fully saturated rings. The molecule has 51 heavy (non-hydrogen) atoms. The summed E-state index contributed by atoms with van der Waals surface area (Å²) in [6, 6.07) is 53.2. The van der Waals surface area contributed by atoms with Crippen LogP contribution in [0.1, 0.15) is 0 Å². The Morgan fingerprint density at radius 1 is 0.333 bits per heavy atom. The molecule has 0 unspecified atom stereocenters. The topological polar surface area (TPSA) is 26.3 Å². The van der Waals surface area contributed by atoms with Gasteiger partial charge in [-0.2, -0.15) is 0 Å². The van der Waals surface area contributed by atoms with Crippen LogP contribution in [-0.4, -0.2) is 0 Å². The zero-order chi connectivity index (χ0) is 33.5. The van der Waals surface area contributed by atoms with Gasteiger partial charge in [0.15, 0.2) is 0 Å². The number of benzene rings is 8. The predicted octanol–water partition coefficient (Wildman–Crippen LogP) is 14.5. The molecule has 3 aromatic heterocycles. The van der Waals surface area contributed by atoms with Crippen LogP contribution in [0.25, 0.3) is 108 Å². The van der Waals surface area contributed by atoms with Crippen LogP contribution in [0.4, 0.5) is 0 Å². The van der Waals surface area contributed by atoms with Gasteiger partial charge < -0.3 is 8.83 Å². The highest BCUT2D eigenvalue weighted by Crippen LogP contribution is 2.49. The van der Waals surface area contributed by atoms with E-state index in [9.17, 15) is 0 Å². The third kappa shape index (κ3) is 4.16. The highest BCUT2D eigenvalue weighted by atomic mass is 32.1. The fourth-order valence-electron chi connectivity index (χ4n) is 8.48. The van der Waals surface area contributed by atoms with E-state index in [1.165, 1.54) is 96.6 Å². The third-order valence-electron chi connectivity index (χ3n) is 10.5. The van der Waals surface area contributed by atoms with Gasteiger partial charge in [-0.25, -0.2) is 0 Å². The molecule has 11 rings (SSSR count). The second kappa shape index (κ2) is 11.0. The largest absolute Gasteiger partial charge is 0.472 e. The summed E-state index contributed by atoms with van der Waals surface area (Å²) < 4.78 is 13.7. The quantitative estimate of drug-likeness (QED) is 0.175. The van der Waals surface area contributed by atoms with Gasteiger partial charge in [0.2, 0.25) is 0 Å². The van der Waals surface area contributed by atoms with Gasteiger partial charge in [0, 0.05) is 42.4 Å². The summed E-state index contributed by atoms with van der Waals surface area (Å²) in [5, 5.41) is 12.5. The second-order valence-corrected chi connectivity index (χ2v) is 14.3. The monoisotopic (exact) mass is 668 g/mol. The lowest BCUT2D eigenvalue weighted by Gasteiger charge is -2.18. The molecule has 2 nitrogen and oxygen atoms in total. The van der Waals surface area contributed by atoms with Crippen LogP contribution in [0.2, 0.25) is 0 Å². The van der Waals surface area contributed by atoms with Crippen molar-refractivity contribution in [3.63, 3.8) is 0 Å². The molecule has 8 aromatic carbocycles. The molecule has 0 atom stereocenters. The molecule has 0 aliphatic carbocycles. The summed E-state index contributed by atoms with van der Waals surface area (Å²) in [5.74, 6) is 0. The summed E-state index contributed by atoms with van der Waals surface area (Å²) in [7, 11) is 0. The molecule has 0 saturated heterocycles. The Kier molecular flexibility index (Phi) is 6.16. The maximum absolute atomic E-state index is 5.59. The van der Waals surface area contributed by atoms with Crippen molar-refractivity contribution in [1.29, 1.82) is 0 Å². The maximum atomic E-state index is 5.59. The Balaban J connectivity index is 1.19. The summed E-state index contributed by atoms with van der Waals surface area (Å²) in [6.07, 6.45) is 7.23. The summed E-state index contributed by atoms with van der Waals surface area (Å²) in [5.41, 5.74) is 9.64. The van der Waals surface area contributed by atoms with Crippen LogP contribution in [-0.2, 0) is 0 Å². The molecule has 3 heterocycles. The van der Waals surface area contributed by atoms with E-state index in [-0.39, 0.29) is 0 Å². The van der Waals surface area contributed by atoms with Crippen molar-refractivity contribution in [3.8, 4) is 44.5 Å². The molecule has 0 aliphatic rings. The lowest BCUT2D eigenvalue weighted by Crippen LogP contribution is -1.90. The SMILES string of the molecule is c1cc(-c2c3ccccc3c(-c3ccoc3)c3ccccc23)c2c(c1)sc1cc(-c3c4ccccc4c(-c4ccoc4)c4ccccc34)ccc12. The van der Waals surface area contributed by atoms with Crippen molar-refractivity contribution in [2.45, 2.75) is 0 Å². The Morgan fingerprint density at radius 2 is 0.784 bits per heavy atom.